The van der Waals surface area contributed by atoms with E-state index in [2.05, 4.69) is 17.0 Å². The van der Waals surface area contributed by atoms with E-state index in [1.165, 1.54) is 12.1 Å². The summed E-state index contributed by atoms with van der Waals surface area (Å²) >= 11 is 0. The first-order valence-electron chi connectivity index (χ1n) is 15.0. The van der Waals surface area contributed by atoms with Gasteiger partial charge in [-0.3, -0.25) is 5.26 Å². The highest BCUT2D eigenvalue weighted by Gasteiger charge is 2.21. The maximum atomic E-state index is 13.4. The molecule has 0 aromatic heterocycles. The molecule has 0 unspecified atom stereocenters. The standard InChI is InChI=1S/C39H30O7.CH2O/c40-38(41)34-24-29(22-27-11-5-2-6-12-27)15-17-33(34)39(42)46-37-20-19-36(31-13-7-8-14-32(31)37)45-35-18-16-28(23-30(35)25-44-43)21-26-9-3-1-4-10-26;1-2/h1-20,23-24,43H,21-22,25H2,(H,40,41);1H2. The van der Waals surface area contributed by atoms with Gasteiger partial charge < -0.3 is 19.4 Å². The molecule has 0 atom stereocenters. The zero-order valence-electron chi connectivity index (χ0n) is 25.9. The van der Waals surface area contributed by atoms with E-state index in [1.54, 1.807) is 24.3 Å². The number of fused-ring (bicyclic) bond motifs is 1. The Morgan fingerprint density at radius 2 is 1.08 bits per heavy atom. The van der Waals surface area contributed by atoms with Crippen molar-refractivity contribution < 1.29 is 39.1 Å². The molecule has 0 saturated heterocycles. The average molecular weight is 641 g/mol. The number of benzene rings is 6. The van der Waals surface area contributed by atoms with Crippen molar-refractivity contribution in [2.45, 2.75) is 19.4 Å². The molecule has 8 heteroatoms. The van der Waals surface area contributed by atoms with E-state index in [0.29, 0.717) is 40.7 Å². The monoisotopic (exact) mass is 640 g/mol. The van der Waals surface area contributed by atoms with Gasteiger partial charge in [-0.05, 0) is 71.5 Å². The molecule has 0 fully saturated rings. The Bertz CT molecular complexity index is 2020. The third-order valence-electron chi connectivity index (χ3n) is 7.65. The second kappa shape index (κ2) is 16.0. The SMILES string of the molecule is C=O.O=C(O)c1cc(Cc2ccccc2)ccc1C(=O)Oc1ccc(Oc2ccc(Cc3ccccc3)cc2COO)c2ccccc12. The van der Waals surface area contributed by atoms with Crippen molar-refractivity contribution in [1.82, 2.24) is 0 Å². The highest BCUT2D eigenvalue weighted by Crippen LogP contribution is 2.37. The quantitative estimate of drug-likeness (QED) is 0.0626. The van der Waals surface area contributed by atoms with Gasteiger partial charge in [0, 0.05) is 16.3 Å². The highest BCUT2D eigenvalue weighted by molar-refractivity contribution is 6.04. The number of ether oxygens (including phenoxy) is 2. The first-order valence-corrected chi connectivity index (χ1v) is 15.0. The van der Waals surface area contributed by atoms with Gasteiger partial charge >= 0.3 is 11.9 Å². The molecule has 6 rings (SSSR count). The molecule has 0 heterocycles. The molecule has 0 aliphatic heterocycles. The summed E-state index contributed by atoms with van der Waals surface area (Å²) in [6, 6.07) is 40.8. The van der Waals surface area contributed by atoms with Crippen LogP contribution in [0.3, 0.4) is 0 Å². The molecule has 0 spiro atoms. The number of carbonyl (C=O) groups excluding carboxylic acids is 2. The minimum atomic E-state index is -1.21. The predicted molar refractivity (Wildman–Crippen MR) is 182 cm³/mol. The van der Waals surface area contributed by atoms with Crippen molar-refractivity contribution >= 4 is 29.5 Å². The fourth-order valence-corrected chi connectivity index (χ4v) is 5.44. The summed E-state index contributed by atoms with van der Waals surface area (Å²) < 4.78 is 12.1. The maximum absolute atomic E-state index is 13.4. The summed E-state index contributed by atoms with van der Waals surface area (Å²) in [5.41, 5.74) is 4.48. The molecule has 2 N–H and O–H groups in total. The van der Waals surface area contributed by atoms with E-state index >= 15 is 0 Å². The van der Waals surface area contributed by atoms with Gasteiger partial charge in [0.2, 0.25) is 0 Å². The first-order chi connectivity index (χ1) is 23.5. The molecule has 0 saturated carbocycles. The summed E-state index contributed by atoms with van der Waals surface area (Å²) in [5.74, 6) is -0.731. The van der Waals surface area contributed by atoms with Crippen LogP contribution in [0.15, 0.2) is 133 Å². The molecular weight excluding hydrogens is 608 g/mol. The molecular formula is C40H32O8. The van der Waals surface area contributed by atoms with Crippen LogP contribution in [0.1, 0.15) is 48.5 Å². The second-order valence-electron chi connectivity index (χ2n) is 10.8. The molecule has 0 radical (unpaired) electrons. The number of rotatable bonds is 11. The van der Waals surface area contributed by atoms with Gasteiger partial charge in [-0.25, -0.2) is 14.5 Å². The fraction of sp³-hybridized carbons (Fsp3) is 0.0750. The van der Waals surface area contributed by atoms with Crippen LogP contribution in [0.5, 0.6) is 17.2 Å². The summed E-state index contributed by atoms with van der Waals surface area (Å²) in [7, 11) is 0. The number of carbonyl (C=O) groups is 3. The largest absolute Gasteiger partial charge is 0.478 e. The minimum Gasteiger partial charge on any atom is -0.478 e. The molecule has 0 aliphatic carbocycles. The predicted octanol–water partition coefficient (Wildman–Crippen LogP) is 8.54. The maximum Gasteiger partial charge on any atom is 0.344 e. The molecule has 240 valence electrons. The minimum absolute atomic E-state index is 0.0436. The van der Waals surface area contributed by atoms with E-state index < -0.39 is 11.9 Å². The van der Waals surface area contributed by atoms with Crippen LogP contribution < -0.4 is 9.47 Å². The number of hydrogen-bond acceptors (Lipinski definition) is 7. The third-order valence-corrected chi connectivity index (χ3v) is 7.65. The van der Waals surface area contributed by atoms with Gasteiger partial charge in [0.25, 0.3) is 0 Å². The van der Waals surface area contributed by atoms with Crippen molar-refractivity contribution in [3.63, 3.8) is 0 Å². The zero-order valence-corrected chi connectivity index (χ0v) is 25.9. The van der Waals surface area contributed by atoms with Crippen LogP contribution in [0, 0.1) is 0 Å². The van der Waals surface area contributed by atoms with E-state index in [0.717, 1.165) is 22.3 Å². The lowest BCUT2D eigenvalue weighted by atomic mass is 9.99. The molecule has 6 aromatic carbocycles. The number of aromatic carboxylic acids is 1. The number of carboxylic acid groups (broad SMARTS) is 1. The van der Waals surface area contributed by atoms with Gasteiger partial charge in [0.15, 0.2) is 0 Å². The Hall–Kier alpha value is -6.09. The van der Waals surface area contributed by atoms with Crippen LogP contribution in [-0.2, 0) is 29.1 Å². The van der Waals surface area contributed by atoms with E-state index in [9.17, 15) is 20.0 Å². The Kier molecular flexibility index (Phi) is 11.1. The van der Waals surface area contributed by atoms with Crippen LogP contribution in [0.2, 0.25) is 0 Å². The first kappa shape index (κ1) is 33.3. The normalized spacial score (nSPS) is 10.5. The number of hydrogen-bond donors (Lipinski definition) is 2. The molecule has 48 heavy (non-hydrogen) atoms. The Morgan fingerprint density at radius 1 is 0.562 bits per heavy atom. The smallest absolute Gasteiger partial charge is 0.344 e. The summed E-state index contributed by atoms with van der Waals surface area (Å²) in [4.78, 5) is 38.0. The van der Waals surface area contributed by atoms with E-state index in [1.807, 2.05) is 91.7 Å². The topological polar surface area (TPSA) is 119 Å². The Balaban J connectivity index is 0.00000221. The Labute approximate surface area is 277 Å². The van der Waals surface area contributed by atoms with Gasteiger partial charge in [0.05, 0.1) is 11.1 Å². The van der Waals surface area contributed by atoms with E-state index in [4.69, 9.17) is 14.3 Å². The highest BCUT2D eigenvalue weighted by atomic mass is 17.1. The van der Waals surface area contributed by atoms with E-state index in [-0.39, 0.29) is 23.5 Å². The lowest BCUT2D eigenvalue weighted by Crippen LogP contribution is -2.15. The fourth-order valence-electron chi connectivity index (χ4n) is 5.44. The molecule has 0 bridgehead atoms. The van der Waals surface area contributed by atoms with Crippen molar-refractivity contribution in [3.8, 4) is 17.2 Å². The zero-order chi connectivity index (χ0) is 33.9. The van der Waals surface area contributed by atoms with Gasteiger partial charge in [0.1, 0.15) is 30.6 Å². The molecule has 0 aliphatic rings. The van der Waals surface area contributed by atoms with Crippen molar-refractivity contribution in [2.24, 2.45) is 0 Å². The van der Waals surface area contributed by atoms with Crippen molar-refractivity contribution in [2.75, 3.05) is 0 Å². The number of carboxylic acids is 1. The molecule has 0 amide bonds. The number of esters is 1. The van der Waals surface area contributed by atoms with Crippen LogP contribution in [0.25, 0.3) is 10.8 Å². The lowest BCUT2D eigenvalue weighted by Gasteiger charge is -2.16. The third kappa shape index (κ3) is 8.00. The van der Waals surface area contributed by atoms with Gasteiger partial charge in [-0.2, -0.15) is 0 Å². The van der Waals surface area contributed by atoms with Gasteiger partial charge in [-0.1, -0.05) is 97.1 Å². The Morgan fingerprint density at radius 3 is 1.69 bits per heavy atom. The van der Waals surface area contributed by atoms with Crippen LogP contribution in [0.4, 0.5) is 0 Å². The average Bonchev–Trinajstić information content (AvgIpc) is 3.12. The van der Waals surface area contributed by atoms with Gasteiger partial charge in [-0.15, -0.1) is 0 Å². The summed E-state index contributed by atoms with van der Waals surface area (Å²) in [5, 5.41) is 20.5. The second-order valence-corrected chi connectivity index (χ2v) is 10.8. The lowest BCUT2D eigenvalue weighted by molar-refractivity contribution is -0.253. The van der Waals surface area contributed by atoms with Crippen molar-refractivity contribution in [1.29, 1.82) is 0 Å². The van der Waals surface area contributed by atoms with Crippen LogP contribution in [-0.4, -0.2) is 29.1 Å². The summed E-state index contributed by atoms with van der Waals surface area (Å²) in [6.07, 6.45) is 1.24. The van der Waals surface area contributed by atoms with Crippen LogP contribution >= 0.6 is 0 Å². The molecule has 8 nitrogen and oxygen atoms in total. The summed E-state index contributed by atoms with van der Waals surface area (Å²) in [6.45, 7) is 1.93. The van der Waals surface area contributed by atoms with Crippen molar-refractivity contribution in [3.05, 3.63) is 172 Å². The molecule has 6 aromatic rings.